The Labute approximate surface area is 108 Å². The number of rotatable bonds is 3. The van der Waals surface area contributed by atoms with Crippen molar-refractivity contribution in [2.24, 2.45) is 0 Å². The molecule has 0 N–H and O–H groups in total. The number of amides is 1. The van der Waals surface area contributed by atoms with Gasteiger partial charge in [-0.2, -0.15) is 0 Å². The van der Waals surface area contributed by atoms with Gasteiger partial charge in [0, 0.05) is 30.6 Å². The second kappa shape index (κ2) is 5.34. The van der Waals surface area contributed by atoms with Crippen molar-refractivity contribution >= 4 is 17.4 Å². The highest BCUT2D eigenvalue weighted by molar-refractivity contribution is 5.99. The summed E-state index contributed by atoms with van der Waals surface area (Å²) in [6.07, 6.45) is 3.00. The van der Waals surface area contributed by atoms with Crippen LogP contribution >= 0.6 is 0 Å². The Morgan fingerprint density at radius 3 is 2.67 bits per heavy atom. The monoisotopic (exact) mass is 245 g/mol. The smallest absolute Gasteiger partial charge is 0.226 e. The molecule has 0 bridgehead atoms. The predicted molar refractivity (Wildman–Crippen MR) is 72.0 cm³/mol. The molecule has 96 valence electrons. The standard InChI is InChI=1S/C15H19NO2/c1-3-14(17)12-8-7-11-6-5-9-16(13(11)10-12)15(18)4-2/h7-8,10H,3-6,9H2,1-2H3. The third-order valence-electron chi connectivity index (χ3n) is 3.45. The minimum atomic E-state index is 0.132. The molecular weight excluding hydrogens is 226 g/mol. The van der Waals surface area contributed by atoms with E-state index < -0.39 is 0 Å². The zero-order valence-corrected chi connectivity index (χ0v) is 11.0. The summed E-state index contributed by atoms with van der Waals surface area (Å²) < 4.78 is 0. The summed E-state index contributed by atoms with van der Waals surface area (Å²) in [6, 6.07) is 5.76. The molecule has 2 rings (SSSR count). The third kappa shape index (κ3) is 2.30. The third-order valence-corrected chi connectivity index (χ3v) is 3.45. The molecule has 0 aliphatic carbocycles. The summed E-state index contributed by atoms with van der Waals surface area (Å²) >= 11 is 0. The first-order chi connectivity index (χ1) is 8.67. The van der Waals surface area contributed by atoms with Crippen molar-refractivity contribution in [2.75, 3.05) is 11.4 Å². The number of anilines is 1. The summed E-state index contributed by atoms with van der Waals surface area (Å²) in [6.45, 7) is 4.50. The quantitative estimate of drug-likeness (QED) is 0.768. The van der Waals surface area contributed by atoms with Crippen molar-refractivity contribution in [1.82, 2.24) is 0 Å². The number of hydrogen-bond acceptors (Lipinski definition) is 2. The number of benzene rings is 1. The van der Waals surface area contributed by atoms with Crippen LogP contribution in [0.2, 0.25) is 0 Å². The van der Waals surface area contributed by atoms with E-state index >= 15 is 0 Å². The molecule has 1 aromatic rings. The van der Waals surface area contributed by atoms with Crippen molar-refractivity contribution in [3.05, 3.63) is 29.3 Å². The maximum absolute atomic E-state index is 11.9. The van der Waals surface area contributed by atoms with Crippen LogP contribution in [0.3, 0.4) is 0 Å². The molecule has 0 saturated carbocycles. The van der Waals surface area contributed by atoms with Crippen LogP contribution in [-0.2, 0) is 11.2 Å². The SMILES string of the molecule is CCC(=O)c1ccc2c(c1)N(C(=O)CC)CCC2. The molecule has 18 heavy (non-hydrogen) atoms. The van der Waals surface area contributed by atoms with Gasteiger partial charge in [-0.25, -0.2) is 0 Å². The van der Waals surface area contributed by atoms with Crippen molar-refractivity contribution in [1.29, 1.82) is 0 Å². The first kappa shape index (κ1) is 12.8. The van der Waals surface area contributed by atoms with E-state index in [1.807, 2.05) is 36.9 Å². The minimum Gasteiger partial charge on any atom is -0.312 e. The maximum Gasteiger partial charge on any atom is 0.226 e. The molecule has 0 aromatic heterocycles. The number of aryl methyl sites for hydroxylation is 1. The summed E-state index contributed by atoms with van der Waals surface area (Å²) in [4.78, 5) is 25.5. The van der Waals surface area contributed by atoms with Crippen LogP contribution in [0.5, 0.6) is 0 Å². The number of carbonyl (C=O) groups is 2. The highest BCUT2D eigenvalue weighted by Gasteiger charge is 2.22. The molecule has 3 heteroatoms. The van der Waals surface area contributed by atoms with E-state index in [4.69, 9.17) is 0 Å². The normalized spacial score (nSPS) is 14.2. The van der Waals surface area contributed by atoms with E-state index in [0.717, 1.165) is 25.1 Å². The van der Waals surface area contributed by atoms with Gasteiger partial charge in [0.1, 0.15) is 0 Å². The van der Waals surface area contributed by atoms with Crippen molar-refractivity contribution in [2.45, 2.75) is 39.5 Å². The molecule has 1 aliphatic heterocycles. The fraction of sp³-hybridized carbons (Fsp3) is 0.467. The Hall–Kier alpha value is -1.64. The van der Waals surface area contributed by atoms with Gasteiger partial charge in [0.15, 0.2) is 5.78 Å². The molecule has 0 spiro atoms. The fourth-order valence-corrected chi connectivity index (χ4v) is 2.40. The van der Waals surface area contributed by atoms with Crippen molar-refractivity contribution < 1.29 is 9.59 Å². The Morgan fingerprint density at radius 1 is 1.22 bits per heavy atom. The largest absolute Gasteiger partial charge is 0.312 e. The van der Waals surface area contributed by atoms with Crippen LogP contribution in [0.4, 0.5) is 5.69 Å². The van der Waals surface area contributed by atoms with Gasteiger partial charge >= 0.3 is 0 Å². The van der Waals surface area contributed by atoms with Gasteiger partial charge in [0.05, 0.1) is 0 Å². The molecule has 1 aliphatic rings. The zero-order chi connectivity index (χ0) is 13.1. The summed E-state index contributed by atoms with van der Waals surface area (Å²) in [5, 5.41) is 0. The van der Waals surface area contributed by atoms with E-state index in [1.54, 1.807) is 0 Å². The van der Waals surface area contributed by atoms with Gasteiger partial charge in [0.25, 0.3) is 0 Å². The van der Waals surface area contributed by atoms with Crippen LogP contribution in [0.15, 0.2) is 18.2 Å². The molecule has 3 nitrogen and oxygen atoms in total. The molecule has 1 amide bonds. The molecular formula is C15H19NO2. The van der Waals surface area contributed by atoms with Crippen molar-refractivity contribution in [3.8, 4) is 0 Å². The van der Waals surface area contributed by atoms with Gasteiger partial charge in [-0.3, -0.25) is 9.59 Å². The second-order valence-corrected chi connectivity index (χ2v) is 4.62. The van der Waals surface area contributed by atoms with E-state index in [9.17, 15) is 9.59 Å². The fourth-order valence-electron chi connectivity index (χ4n) is 2.40. The first-order valence-electron chi connectivity index (χ1n) is 6.63. The minimum absolute atomic E-state index is 0.132. The van der Waals surface area contributed by atoms with Crippen LogP contribution in [0.25, 0.3) is 0 Å². The maximum atomic E-state index is 11.9. The summed E-state index contributed by atoms with van der Waals surface area (Å²) in [5.74, 6) is 0.268. The van der Waals surface area contributed by atoms with Crippen LogP contribution in [0.1, 0.15) is 49.0 Å². The van der Waals surface area contributed by atoms with Gasteiger partial charge in [-0.1, -0.05) is 26.0 Å². The lowest BCUT2D eigenvalue weighted by Crippen LogP contribution is -2.35. The highest BCUT2D eigenvalue weighted by atomic mass is 16.2. The highest BCUT2D eigenvalue weighted by Crippen LogP contribution is 2.29. The van der Waals surface area contributed by atoms with E-state index in [0.29, 0.717) is 18.4 Å². The molecule has 0 atom stereocenters. The predicted octanol–water partition coefficient (Wildman–Crippen LogP) is 2.97. The summed E-state index contributed by atoms with van der Waals surface area (Å²) in [7, 11) is 0. The topological polar surface area (TPSA) is 37.4 Å². The van der Waals surface area contributed by atoms with E-state index in [1.165, 1.54) is 5.56 Å². The lowest BCUT2D eigenvalue weighted by molar-refractivity contribution is -0.118. The molecule has 1 aromatic carbocycles. The Kier molecular flexibility index (Phi) is 3.80. The van der Waals surface area contributed by atoms with Crippen LogP contribution in [0, 0.1) is 0 Å². The number of Topliss-reactive ketones (excluding diaryl/α,β-unsaturated/α-hetero) is 1. The number of fused-ring (bicyclic) bond motifs is 1. The number of carbonyl (C=O) groups excluding carboxylic acids is 2. The molecule has 0 radical (unpaired) electrons. The number of nitrogens with zero attached hydrogens (tertiary/aromatic N) is 1. The number of hydrogen-bond donors (Lipinski definition) is 0. The lowest BCUT2D eigenvalue weighted by atomic mass is 9.97. The lowest BCUT2D eigenvalue weighted by Gasteiger charge is -2.29. The molecule has 0 unspecified atom stereocenters. The van der Waals surface area contributed by atoms with Gasteiger partial charge in [-0.05, 0) is 24.5 Å². The molecule has 1 heterocycles. The Morgan fingerprint density at radius 2 is 2.00 bits per heavy atom. The van der Waals surface area contributed by atoms with Crippen LogP contribution in [-0.4, -0.2) is 18.2 Å². The molecule has 0 saturated heterocycles. The Bertz CT molecular complexity index is 479. The summed E-state index contributed by atoms with van der Waals surface area (Å²) in [5.41, 5.74) is 2.83. The zero-order valence-electron chi connectivity index (χ0n) is 11.0. The average Bonchev–Trinajstić information content (AvgIpc) is 2.44. The average molecular weight is 245 g/mol. The first-order valence-corrected chi connectivity index (χ1v) is 6.63. The van der Waals surface area contributed by atoms with Gasteiger partial charge in [-0.15, -0.1) is 0 Å². The van der Waals surface area contributed by atoms with Crippen molar-refractivity contribution in [3.63, 3.8) is 0 Å². The van der Waals surface area contributed by atoms with Crippen LogP contribution < -0.4 is 4.90 Å². The van der Waals surface area contributed by atoms with Gasteiger partial charge < -0.3 is 4.90 Å². The van der Waals surface area contributed by atoms with E-state index in [2.05, 4.69) is 0 Å². The second-order valence-electron chi connectivity index (χ2n) is 4.62. The van der Waals surface area contributed by atoms with Gasteiger partial charge in [0.2, 0.25) is 5.91 Å². The Balaban J connectivity index is 2.41. The van der Waals surface area contributed by atoms with E-state index in [-0.39, 0.29) is 11.7 Å². The number of ketones is 1. The molecule has 0 fully saturated rings.